The van der Waals surface area contributed by atoms with Crippen molar-refractivity contribution in [2.45, 2.75) is 70.1 Å². The van der Waals surface area contributed by atoms with Gasteiger partial charge in [0.15, 0.2) is 0 Å². The van der Waals surface area contributed by atoms with E-state index < -0.39 is 54.5 Å². The van der Waals surface area contributed by atoms with Gasteiger partial charge in [-0.05, 0) is 43.6 Å². The van der Waals surface area contributed by atoms with Gasteiger partial charge in [-0.3, -0.25) is 14.4 Å². The van der Waals surface area contributed by atoms with Crippen LogP contribution in [0, 0.1) is 5.92 Å². The minimum atomic E-state index is -1.45. The molecule has 1 fully saturated rings. The van der Waals surface area contributed by atoms with E-state index in [2.05, 4.69) is 10.6 Å². The number of aliphatic hydroxyl groups excluding tert-OH is 1. The van der Waals surface area contributed by atoms with Gasteiger partial charge in [-0.2, -0.15) is 0 Å². The van der Waals surface area contributed by atoms with E-state index in [9.17, 15) is 24.3 Å². The van der Waals surface area contributed by atoms with Crippen molar-refractivity contribution < 1.29 is 29.4 Å². The number of likely N-dealkylation sites (tertiary alicyclic amines) is 1. The van der Waals surface area contributed by atoms with Crippen LogP contribution in [0.15, 0.2) is 30.3 Å². The number of carboxylic acid groups (broad SMARTS) is 1. The highest BCUT2D eigenvalue weighted by Gasteiger charge is 2.37. The van der Waals surface area contributed by atoms with Crippen LogP contribution in [0.3, 0.4) is 0 Å². The molecule has 0 aliphatic carbocycles. The number of hydrogen-bond donors (Lipinski definition) is 5. The normalized spacial score (nSPS) is 18.6. The van der Waals surface area contributed by atoms with E-state index in [1.54, 1.807) is 0 Å². The number of rotatable bonds is 11. The Hall–Kier alpha value is -2.98. The summed E-state index contributed by atoms with van der Waals surface area (Å²) in [4.78, 5) is 51.7. The first-order chi connectivity index (χ1) is 16.1. The first-order valence-electron chi connectivity index (χ1n) is 11.7. The predicted octanol–water partition coefficient (Wildman–Crippen LogP) is 0.0301. The van der Waals surface area contributed by atoms with E-state index in [4.69, 9.17) is 10.8 Å². The van der Waals surface area contributed by atoms with E-state index in [-0.39, 0.29) is 5.92 Å². The topological polar surface area (TPSA) is 162 Å². The molecule has 10 nitrogen and oxygen atoms in total. The Morgan fingerprint density at radius 2 is 1.76 bits per heavy atom. The number of nitrogens with zero attached hydrogens (tertiary/aromatic N) is 1. The average molecular weight is 477 g/mol. The average Bonchev–Trinajstić information content (AvgIpc) is 2.81. The molecular formula is C24H36N4O6. The van der Waals surface area contributed by atoms with Gasteiger partial charge in [0.2, 0.25) is 17.7 Å². The molecule has 1 aromatic rings. The molecule has 1 saturated heterocycles. The molecule has 0 aromatic heterocycles. The molecule has 1 aliphatic heterocycles. The Balaban J connectivity index is 2.13. The number of nitrogens with two attached hydrogens (primary N) is 1. The third kappa shape index (κ3) is 7.81. The highest BCUT2D eigenvalue weighted by Crippen LogP contribution is 2.20. The SMILES string of the molecule is CC(C)CC(NC(=O)C(N)Cc1ccccc1)C(=O)N1CCCCC1C(=O)NC(CO)C(=O)O. The molecule has 0 radical (unpaired) electrons. The van der Waals surface area contributed by atoms with Crippen LogP contribution in [0.25, 0.3) is 0 Å². The Kier molecular flexibility index (Phi) is 10.5. The molecule has 0 bridgehead atoms. The third-order valence-electron chi connectivity index (χ3n) is 5.84. The lowest BCUT2D eigenvalue weighted by atomic mass is 9.96. The number of nitrogens with one attached hydrogen (secondary N) is 2. The second kappa shape index (κ2) is 13.0. The van der Waals surface area contributed by atoms with Gasteiger partial charge in [0.1, 0.15) is 18.1 Å². The van der Waals surface area contributed by atoms with Crippen molar-refractivity contribution in [2.24, 2.45) is 11.7 Å². The molecular weight excluding hydrogens is 440 g/mol. The van der Waals surface area contributed by atoms with Gasteiger partial charge in [-0.25, -0.2) is 4.79 Å². The van der Waals surface area contributed by atoms with E-state index in [0.717, 1.165) is 5.56 Å². The summed E-state index contributed by atoms with van der Waals surface area (Å²) in [5, 5.41) is 23.4. The molecule has 0 saturated carbocycles. The summed E-state index contributed by atoms with van der Waals surface area (Å²) in [5.74, 6) is -2.76. The summed E-state index contributed by atoms with van der Waals surface area (Å²) in [6, 6.07) is 5.30. The number of aliphatic hydroxyl groups is 1. The number of carboxylic acids is 1. The van der Waals surface area contributed by atoms with Crippen molar-refractivity contribution >= 4 is 23.7 Å². The molecule has 2 rings (SSSR count). The van der Waals surface area contributed by atoms with Gasteiger partial charge >= 0.3 is 5.97 Å². The van der Waals surface area contributed by atoms with Crippen LogP contribution >= 0.6 is 0 Å². The molecule has 6 N–H and O–H groups in total. The summed E-state index contributed by atoms with van der Waals surface area (Å²) in [5.41, 5.74) is 7.00. The fraction of sp³-hybridized carbons (Fsp3) is 0.583. The maximum atomic E-state index is 13.5. The van der Waals surface area contributed by atoms with Crippen molar-refractivity contribution in [2.75, 3.05) is 13.2 Å². The lowest BCUT2D eigenvalue weighted by Crippen LogP contribution is -2.60. The van der Waals surface area contributed by atoms with Crippen molar-refractivity contribution in [1.29, 1.82) is 0 Å². The molecule has 1 heterocycles. The van der Waals surface area contributed by atoms with Gasteiger partial charge < -0.3 is 31.5 Å². The third-order valence-corrected chi connectivity index (χ3v) is 5.84. The minimum absolute atomic E-state index is 0.0856. The predicted molar refractivity (Wildman–Crippen MR) is 126 cm³/mol. The molecule has 10 heteroatoms. The zero-order valence-corrected chi connectivity index (χ0v) is 19.8. The largest absolute Gasteiger partial charge is 0.480 e. The summed E-state index contributed by atoms with van der Waals surface area (Å²) in [6.45, 7) is 3.41. The fourth-order valence-electron chi connectivity index (χ4n) is 4.05. The van der Waals surface area contributed by atoms with E-state index >= 15 is 0 Å². The molecule has 4 unspecified atom stereocenters. The van der Waals surface area contributed by atoms with Gasteiger partial charge in [-0.15, -0.1) is 0 Å². The number of hydrogen-bond acceptors (Lipinski definition) is 6. The summed E-state index contributed by atoms with van der Waals surface area (Å²) in [7, 11) is 0. The second-order valence-corrected chi connectivity index (χ2v) is 9.11. The van der Waals surface area contributed by atoms with E-state index in [1.165, 1.54) is 4.90 Å². The van der Waals surface area contributed by atoms with Crippen LogP contribution in [-0.2, 0) is 25.6 Å². The molecule has 1 aromatic carbocycles. The van der Waals surface area contributed by atoms with Crippen LogP contribution in [-0.4, -0.2) is 76.1 Å². The van der Waals surface area contributed by atoms with Crippen LogP contribution < -0.4 is 16.4 Å². The van der Waals surface area contributed by atoms with E-state index in [1.807, 2.05) is 44.2 Å². The fourth-order valence-corrected chi connectivity index (χ4v) is 4.05. The maximum Gasteiger partial charge on any atom is 0.328 e. The summed E-state index contributed by atoms with van der Waals surface area (Å²) < 4.78 is 0. The van der Waals surface area contributed by atoms with Gasteiger partial charge in [0.25, 0.3) is 0 Å². The van der Waals surface area contributed by atoms with Gasteiger partial charge in [0.05, 0.1) is 12.6 Å². The number of carbonyl (C=O) groups excluding carboxylic acids is 3. The maximum absolute atomic E-state index is 13.5. The number of benzene rings is 1. The second-order valence-electron chi connectivity index (χ2n) is 9.11. The zero-order valence-electron chi connectivity index (χ0n) is 19.8. The lowest BCUT2D eigenvalue weighted by Gasteiger charge is -2.37. The minimum Gasteiger partial charge on any atom is -0.480 e. The number of aliphatic carboxylic acids is 1. The Labute approximate surface area is 199 Å². The molecule has 34 heavy (non-hydrogen) atoms. The van der Waals surface area contributed by atoms with Gasteiger partial charge in [-0.1, -0.05) is 44.2 Å². The number of piperidine rings is 1. The highest BCUT2D eigenvalue weighted by atomic mass is 16.4. The van der Waals surface area contributed by atoms with Gasteiger partial charge in [0, 0.05) is 6.54 Å². The molecule has 3 amide bonds. The Bertz CT molecular complexity index is 847. The number of carbonyl (C=O) groups is 4. The van der Waals surface area contributed by atoms with E-state index in [0.29, 0.717) is 38.6 Å². The van der Waals surface area contributed by atoms with Crippen LogP contribution in [0.2, 0.25) is 0 Å². The molecule has 188 valence electrons. The molecule has 0 spiro atoms. The number of amides is 3. The van der Waals surface area contributed by atoms with Crippen molar-refractivity contribution in [3.63, 3.8) is 0 Å². The monoisotopic (exact) mass is 476 g/mol. The first kappa shape index (κ1) is 27.3. The lowest BCUT2D eigenvalue weighted by molar-refractivity contribution is -0.148. The standard InChI is InChI=1S/C24H36N4O6/c1-15(2)12-18(26-21(30)17(25)13-16-8-4-3-5-9-16)23(32)28-11-7-6-10-20(28)22(31)27-19(14-29)24(33)34/h3-5,8-9,15,17-20,29H,6-7,10-14,25H2,1-2H3,(H,26,30)(H,27,31)(H,33,34). The Morgan fingerprint density at radius 3 is 2.35 bits per heavy atom. The quantitative estimate of drug-likeness (QED) is 0.301. The first-order valence-corrected chi connectivity index (χ1v) is 11.7. The Morgan fingerprint density at radius 1 is 1.09 bits per heavy atom. The van der Waals surface area contributed by atoms with Crippen LogP contribution in [0.1, 0.15) is 45.1 Å². The smallest absolute Gasteiger partial charge is 0.328 e. The highest BCUT2D eigenvalue weighted by molar-refractivity contribution is 5.94. The molecule has 1 aliphatic rings. The summed E-state index contributed by atoms with van der Waals surface area (Å²) >= 11 is 0. The van der Waals surface area contributed by atoms with Crippen molar-refractivity contribution in [3.8, 4) is 0 Å². The van der Waals surface area contributed by atoms with Crippen LogP contribution in [0.5, 0.6) is 0 Å². The van der Waals surface area contributed by atoms with Crippen molar-refractivity contribution in [3.05, 3.63) is 35.9 Å². The zero-order chi connectivity index (χ0) is 25.3. The van der Waals surface area contributed by atoms with Crippen LogP contribution in [0.4, 0.5) is 0 Å². The van der Waals surface area contributed by atoms with Crippen molar-refractivity contribution in [1.82, 2.24) is 15.5 Å². The summed E-state index contributed by atoms with van der Waals surface area (Å²) in [6.07, 6.45) is 2.43. The molecule has 4 atom stereocenters.